The number of aryl methyl sites for hydroxylation is 1. The summed E-state index contributed by atoms with van der Waals surface area (Å²) in [5.41, 5.74) is 1.21. The predicted molar refractivity (Wildman–Crippen MR) is 117 cm³/mol. The molecule has 4 nitrogen and oxygen atoms in total. The largest absolute Gasteiger partial charge is 0.389 e. The van der Waals surface area contributed by atoms with Crippen molar-refractivity contribution in [3.63, 3.8) is 0 Å². The molecule has 160 valence electrons. The van der Waals surface area contributed by atoms with Gasteiger partial charge in [0.15, 0.2) is 5.16 Å². The van der Waals surface area contributed by atoms with Crippen molar-refractivity contribution in [3.8, 4) is 0 Å². The predicted octanol–water partition coefficient (Wildman–Crippen LogP) is 4.57. The van der Waals surface area contributed by atoms with Crippen LogP contribution in [0.2, 0.25) is 0 Å². The van der Waals surface area contributed by atoms with Crippen molar-refractivity contribution < 1.29 is 10.2 Å². The summed E-state index contributed by atoms with van der Waals surface area (Å²) in [5, 5.41) is 23.0. The molecule has 4 aliphatic carbocycles. The van der Waals surface area contributed by atoms with Crippen LogP contribution in [0, 0.1) is 28.6 Å². The topological polar surface area (TPSA) is 58.3 Å². The summed E-state index contributed by atoms with van der Waals surface area (Å²) >= 11 is 1.72. The van der Waals surface area contributed by atoms with E-state index in [0.717, 1.165) is 61.3 Å². The highest BCUT2D eigenvalue weighted by molar-refractivity contribution is 7.99. The molecule has 2 N–H and O–H groups in total. The molecule has 1 heterocycles. The SMILES string of the molecule is Cn1ccnc1SC[C@]1(O)CC[C@@H]2[C@H]3CCC4=C[C@H](O)CC[C@]4(C)[C@H]3CC[C@@]21C. The van der Waals surface area contributed by atoms with Gasteiger partial charge in [0.2, 0.25) is 0 Å². The molecule has 3 saturated carbocycles. The Bertz CT molecular complexity index is 822. The highest BCUT2D eigenvalue weighted by Crippen LogP contribution is 2.68. The molecule has 29 heavy (non-hydrogen) atoms. The van der Waals surface area contributed by atoms with Gasteiger partial charge in [-0.25, -0.2) is 4.98 Å². The van der Waals surface area contributed by atoms with Crippen molar-refractivity contribution in [2.75, 3.05) is 5.75 Å². The molecule has 0 aliphatic heterocycles. The first-order valence-corrected chi connectivity index (χ1v) is 12.5. The molecular formula is C24H36N2O2S. The van der Waals surface area contributed by atoms with E-state index in [1.807, 2.05) is 24.0 Å². The maximum absolute atomic E-state index is 11.9. The van der Waals surface area contributed by atoms with Gasteiger partial charge < -0.3 is 14.8 Å². The third kappa shape index (κ3) is 2.90. The third-order valence-electron chi connectivity index (χ3n) is 9.63. The molecule has 7 atom stereocenters. The van der Waals surface area contributed by atoms with Crippen LogP contribution < -0.4 is 0 Å². The van der Waals surface area contributed by atoms with Crippen LogP contribution in [0.1, 0.15) is 65.2 Å². The van der Waals surface area contributed by atoms with Gasteiger partial charge in [0.05, 0.1) is 11.7 Å². The highest BCUT2D eigenvalue weighted by Gasteiger charge is 2.63. The molecule has 1 aromatic rings. The Morgan fingerprint density at radius 2 is 1.93 bits per heavy atom. The van der Waals surface area contributed by atoms with Crippen LogP contribution in [0.15, 0.2) is 29.2 Å². The lowest BCUT2D eigenvalue weighted by atomic mass is 9.46. The summed E-state index contributed by atoms with van der Waals surface area (Å²) in [7, 11) is 2.03. The number of aliphatic hydroxyl groups excluding tert-OH is 1. The normalized spacial score (nSPS) is 46.6. The van der Waals surface area contributed by atoms with Crippen molar-refractivity contribution in [1.29, 1.82) is 0 Å². The van der Waals surface area contributed by atoms with Crippen molar-refractivity contribution in [3.05, 3.63) is 24.0 Å². The lowest BCUT2D eigenvalue weighted by molar-refractivity contribution is -0.116. The van der Waals surface area contributed by atoms with Gasteiger partial charge in [-0.15, -0.1) is 0 Å². The molecule has 0 aromatic carbocycles. The van der Waals surface area contributed by atoms with Gasteiger partial charge in [-0.05, 0) is 74.5 Å². The van der Waals surface area contributed by atoms with Crippen LogP contribution in [0.4, 0.5) is 0 Å². The molecular weight excluding hydrogens is 380 g/mol. The standard InChI is InChI=1S/C24H36N2O2S/c1-22-9-6-17(27)14-16(22)4-5-18-19(22)7-10-23(2)20(18)8-11-24(23,28)15-29-21-25-12-13-26(21)3/h12-14,17-20,27-28H,4-11,15H2,1-3H3/t17-,18+,19+,20-,22+,23+,24-/m1/s1. The Kier molecular flexibility index (Phi) is 4.77. The van der Waals surface area contributed by atoms with Gasteiger partial charge in [0, 0.05) is 30.6 Å². The second-order valence-corrected chi connectivity index (χ2v) is 11.7. The summed E-state index contributed by atoms with van der Waals surface area (Å²) in [6.45, 7) is 4.86. The number of nitrogens with zero attached hydrogens (tertiary/aromatic N) is 2. The van der Waals surface area contributed by atoms with E-state index in [2.05, 4.69) is 24.9 Å². The van der Waals surface area contributed by atoms with Crippen molar-refractivity contribution >= 4 is 11.8 Å². The molecule has 0 bridgehead atoms. The Hall–Kier alpha value is -0.780. The lowest BCUT2D eigenvalue weighted by Crippen LogP contribution is -2.55. The number of imidazole rings is 1. The van der Waals surface area contributed by atoms with Crippen LogP contribution in [0.25, 0.3) is 0 Å². The van der Waals surface area contributed by atoms with Crippen LogP contribution in [0.5, 0.6) is 0 Å². The van der Waals surface area contributed by atoms with Gasteiger partial charge in [0.1, 0.15) is 0 Å². The zero-order valence-corrected chi connectivity index (χ0v) is 18.9. The van der Waals surface area contributed by atoms with E-state index in [1.165, 1.54) is 18.4 Å². The van der Waals surface area contributed by atoms with Crippen LogP contribution in [-0.4, -0.2) is 37.2 Å². The Labute approximate surface area is 179 Å². The van der Waals surface area contributed by atoms with E-state index in [-0.39, 0.29) is 16.9 Å². The van der Waals surface area contributed by atoms with Gasteiger partial charge >= 0.3 is 0 Å². The van der Waals surface area contributed by atoms with E-state index >= 15 is 0 Å². The molecule has 3 fully saturated rings. The monoisotopic (exact) mass is 416 g/mol. The summed E-state index contributed by atoms with van der Waals surface area (Å²) in [6, 6.07) is 0. The average Bonchev–Trinajstić information content (AvgIpc) is 3.22. The number of fused-ring (bicyclic) bond motifs is 5. The van der Waals surface area contributed by atoms with Crippen LogP contribution >= 0.6 is 11.8 Å². The second kappa shape index (κ2) is 6.86. The summed E-state index contributed by atoms with van der Waals surface area (Å²) in [4.78, 5) is 4.45. The summed E-state index contributed by atoms with van der Waals surface area (Å²) < 4.78 is 2.05. The minimum atomic E-state index is -0.598. The van der Waals surface area contributed by atoms with E-state index < -0.39 is 5.60 Å². The Balaban J connectivity index is 1.38. The van der Waals surface area contributed by atoms with E-state index in [4.69, 9.17) is 0 Å². The number of hydrogen-bond donors (Lipinski definition) is 2. The summed E-state index contributed by atoms with van der Waals surface area (Å²) in [5.74, 6) is 2.81. The average molecular weight is 417 g/mol. The minimum Gasteiger partial charge on any atom is -0.389 e. The van der Waals surface area contributed by atoms with Crippen molar-refractivity contribution in [2.24, 2.45) is 35.6 Å². The molecule has 0 amide bonds. The highest BCUT2D eigenvalue weighted by atomic mass is 32.2. The smallest absolute Gasteiger partial charge is 0.167 e. The van der Waals surface area contributed by atoms with E-state index in [1.54, 1.807) is 11.8 Å². The lowest BCUT2D eigenvalue weighted by Gasteiger charge is -2.59. The van der Waals surface area contributed by atoms with Gasteiger partial charge in [-0.1, -0.05) is 37.3 Å². The Morgan fingerprint density at radius 3 is 2.69 bits per heavy atom. The number of allylic oxidation sites excluding steroid dienone is 1. The zero-order chi connectivity index (χ0) is 20.4. The number of aromatic nitrogens is 2. The number of rotatable bonds is 3. The summed E-state index contributed by atoms with van der Waals surface area (Å²) in [6.07, 6.45) is 14.6. The first kappa shape index (κ1) is 20.1. The molecule has 0 spiro atoms. The molecule has 0 saturated heterocycles. The van der Waals surface area contributed by atoms with Gasteiger partial charge in [0.25, 0.3) is 0 Å². The molecule has 5 heteroatoms. The quantitative estimate of drug-likeness (QED) is 0.560. The number of aliphatic hydroxyl groups is 2. The van der Waals surface area contributed by atoms with Gasteiger partial charge in [-0.2, -0.15) is 0 Å². The third-order valence-corrected chi connectivity index (χ3v) is 10.9. The fourth-order valence-corrected chi connectivity index (χ4v) is 8.97. The maximum Gasteiger partial charge on any atom is 0.167 e. The first-order valence-electron chi connectivity index (χ1n) is 11.5. The second-order valence-electron chi connectivity index (χ2n) is 10.8. The van der Waals surface area contributed by atoms with E-state index in [0.29, 0.717) is 5.92 Å². The van der Waals surface area contributed by atoms with Crippen LogP contribution in [-0.2, 0) is 7.05 Å². The van der Waals surface area contributed by atoms with Crippen LogP contribution in [0.3, 0.4) is 0 Å². The maximum atomic E-state index is 11.9. The number of hydrogen-bond acceptors (Lipinski definition) is 4. The molecule has 5 rings (SSSR count). The van der Waals surface area contributed by atoms with E-state index in [9.17, 15) is 10.2 Å². The first-order chi connectivity index (χ1) is 13.8. The zero-order valence-electron chi connectivity index (χ0n) is 18.1. The molecule has 1 aromatic heterocycles. The molecule has 4 aliphatic rings. The molecule has 0 radical (unpaired) electrons. The molecule has 0 unspecified atom stereocenters. The fourth-order valence-electron chi connectivity index (χ4n) is 7.73. The van der Waals surface area contributed by atoms with Gasteiger partial charge in [-0.3, -0.25) is 0 Å². The Morgan fingerprint density at radius 1 is 1.14 bits per heavy atom. The van der Waals surface area contributed by atoms with Crippen molar-refractivity contribution in [1.82, 2.24) is 9.55 Å². The van der Waals surface area contributed by atoms with Crippen molar-refractivity contribution in [2.45, 2.75) is 82.1 Å². The fraction of sp³-hybridized carbons (Fsp3) is 0.792. The minimum absolute atomic E-state index is 0.0120. The number of thioether (sulfide) groups is 1.